The van der Waals surface area contributed by atoms with Crippen molar-refractivity contribution in [2.75, 3.05) is 13.2 Å². The lowest BCUT2D eigenvalue weighted by Gasteiger charge is -2.02. The fraction of sp³-hybridized carbons (Fsp3) is 0.857. The molecule has 10 heavy (non-hydrogen) atoms. The first-order chi connectivity index (χ1) is 4.86. The molecule has 0 aliphatic carbocycles. The molecule has 1 N–H and O–H groups in total. The van der Waals surface area contributed by atoms with Gasteiger partial charge < -0.3 is 4.74 Å². The van der Waals surface area contributed by atoms with E-state index in [2.05, 4.69) is 17.2 Å². The summed E-state index contributed by atoms with van der Waals surface area (Å²) in [5, 5.41) is 3.20. The van der Waals surface area contributed by atoms with Gasteiger partial charge in [0.15, 0.2) is 5.90 Å². The van der Waals surface area contributed by atoms with Gasteiger partial charge in [-0.15, -0.1) is 0 Å². The van der Waals surface area contributed by atoms with E-state index < -0.39 is 0 Å². The van der Waals surface area contributed by atoms with Crippen LogP contribution in [-0.2, 0) is 4.74 Å². The molecule has 1 aliphatic heterocycles. The standard InChI is InChI=1S/C7H14N2O/c1-3-7-9-6(5-10-7)8-4-2/h6,8H,3-5H2,1-2H3. The highest BCUT2D eigenvalue weighted by Gasteiger charge is 2.14. The van der Waals surface area contributed by atoms with E-state index in [9.17, 15) is 0 Å². The average Bonchev–Trinajstić information content (AvgIpc) is 2.37. The van der Waals surface area contributed by atoms with Crippen LogP contribution >= 0.6 is 0 Å². The van der Waals surface area contributed by atoms with Gasteiger partial charge in [-0.3, -0.25) is 5.32 Å². The van der Waals surface area contributed by atoms with Crippen LogP contribution in [0.4, 0.5) is 0 Å². The van der Waals surface area contributed by atoms with Gasteiger partial charge in [0.05, 0.1) is 0 Å². The van der Waals surface area contributed by atoms with Crippen LogP contribution in [0.3, 0.4) is 0 Å². The molecule has 0 spiro atoms. The number of aliphatic imine (C=N–C) groups is 1. The summed E-state index contributed by atoms with van der Waals surface area (Å²) >= 11 is 0. The van der Waals surface area contributed by atoms with E-state index in [0.717, 1.165) is 18.9 Å². The Bertz CT molecular complexity index is 134. The third-order valence-corrected chi connectivity index (χ3v) is 1.45. The van der Waals surface area contributed by atoms with Gasteiger partial charge in [-0.1, -0.05) is 13.8 Å². The van der Waals surface area contributed by atoms with Crippen LogP contribution in [0.15, 0.2) is 4.99 Å². The van der Waals surface area contributed by atoms with Gasteiger partial charge in [-0.05, 0) is 6.54 Å². The lowest BCUT2D eigenvalue weighted by Crippen LogP contribution is -2.27. The Morgan fingerprint density at radius 1 is 1.70 bits per heavy atom. The zero-order valence-corrected chi connectivity index (χ0v) is 6.55. The van der Waals surface area contributed by atoms with Crippen molar-refractivity contribution in [1.29, 1.82) is 0 Å². The minimum Gasteiger partial charge on any atom is -0.477 e. The fourth-order valence-corrected chi connectivity index (χ4v) is 0.957. The predicted molar refractivity (Wildman–Crippen MR) is 41.1 cm³/mol. The minimum absolute atomic E-state index is 0.208. The summed E-state index contributed by atoms with van der Waals surface area (Å²) in [7, 11) is 0. The summed E-state index contributed by atoms with van der Waals surface area (Å²) in [6.45, 7) is 5.78. The van der Waals surface area contributed by atoms with E-state index in [1.54, 1.807) is 0 Å². The monoisotopic (exact) mass is 142 g/mol. The fourth-order valence-electron chi connectivity index (χ4n) is 0.957. The largest absolute Gasteiger partial charge is 0.477 e. The third-order valence-electron chi connectivity index (χ3n) is 1.45. The molecule has 3 heteroatoms. The topological polar surface area (TPSA) is 33.6 Å². The van der Waals surface area contributed by atoms with Crippen LogP contribution in [0.25, 0.3) is 0 Å². The van der Waals surface area contributed by atoms with Gasteiger partial charge in [0.25, 0.3) is 0 Å². The van der Waals surface area contributed by atoms with Gasteiger partial charge in [0.2, 0.25) is 0 Å². The lowest BCUT2D eigenvalue weighted by atomic mass is 10.5. The van der Waals surface area contributed by atoms with Crippen molar-refractivity contribution >= 4 is 5.90 Å². The summed E-state index contributed by atoms with van der Waals surface area (Å²) < 4.78 is 5.25. The number of ether oxygens (including phenoxy) is 1. The second-order valence-electron chi connectivity index (χ2n) is 2.26. The van der Waals surface area contributed by atoms with Crippen LogP contribution in [0.5, 0.6) is 0 Å². The van der Waals surface area contributed by atoms with Crippen molar-refractivity contribution in [3.8, 4) is 0 Å². The smallest absolute Gasteiger partial charge is 0.184 e. The molecule has 0 saturated carbocycles. The van der Waals surface area contributed by atoms with Crippen LogP contribution in [-0.4, -0.2) is 25.2 Å². The molecular weight excluding hydrogens is 128 g/mol. The van der Waals surface area contributed by atoms with Crippen molar-refractivity contribution in [2.45, 2.75) is 26.4 Å². The van der Waals surface area contributed by atoms with Crippen molar-refractivity contribution in [1.82, 2.24) is 5.32 Å². The second kappa shape index (κ2) is 3.56. The maximum atomic E-state index is 5.25. The number of rotatable bonds is 3. The Morgan fingerprint density at radius 3 is 3.00 bits per heavy atom. The van der Waals surface area contributed by atoms with E-state index in [-0.39, 0.29) is 6.17 Å². The summed E-state index contributed by atoms with van der Waals surface area (Å²) in [4.78, 5) is 4.28. The maximum absolute atomic E-state index is 5.25. The van der Waals surface area contributed by atoms with Gasteiger partial charge in [0.1, 0.15) is 12.8 Å². The van der Waals surface area contributed by atoms with E-state index in [4.69, 9.17) is 4.74 Å². The van der Waals surface area contributed by atoms with Crippen LogP contribution in [0.1, 0.15) is 20.3 Å². The molecule has 0 bridgehead atoms. The lowest BCUT2D eigenvalue weighted by molar-refractivity contribution is 0.295. The number of hydrogen-bond acceptors (Lipinski definition) is 3. The minimum atomic E-state index is 0.208. The molecule has 58 valence electrons. The maximum Gasteiger partial charge on any atom is 0.184 e. The first-order valence-corrected chi connectivity index (χ1v) is 3.79. The zero-order chi connectivity index (χ0) is 7.40. The Kier molecular flexibility index (Phi) is 2.68. The van der Waals surface area contributed by atoms with E-state index in [1.165, 1.54) is 0 Å². The van der Waals surface area contributed by atoms with Crippen molar-refractivity contribution in [2.24, 2.45) is 4.99 Å². The highest BCUT2D eigenvalue weighted by Crippen LogP contribution is 2.03. The van der Waals surface area contributed by atoms with Gasteiger partial charge in [-0.2, -0.15) is 0 Å². The van der Waals surface area contributed by atoms with Crippen molar-refractivity contribution in [3.05, 3.63) is 0 Å². The molecule has 0 saturated heterocycles. The molecule has 1 unspecified atom stereocenters. The molecule has 0 aromatic rings. The Morgan fingerprint density at radius 2 is 2.50 bits per heavy atom. The SMILES string of the molecule is CCNC1COC(CC)=N1. The Balaban J connectivity index is 2.32. The molecule has 1 rings (SSSR count). The summed E-state index contributed by atoms with van der Waals surface area (Å²) in [5.41, 5.74) is 0. The van der Waals surface area contributed by atoms with Crippen molar-refractivity contribution < 1.29 is 4.74 Å². The quantitative estimate of drug-likeness (QED) is 0.631. The Hall–Kier alpha value is -0.570. The molecule has 0 amide bonds. The molecule has 1 heterocycles. The molecule has 3 nitrogen and oxygen atoms in total. The van der Waals surface area contributed by atoms with E-state index >= 15 is 0 Å². The van der Waals surface area contributed by atoms with Crippen molar-refractivity contribution in [3.63, 3.8) is 0 Å². The Labute approximate surface area is 61.5 Å². The number of likely N-dealkylation sites (N-methyl/N-ethyl adjacent to an activating group) is 1. The second-order valence-corrected chi connectivity index (χ2v) is 2.26. The normalized spacial score (nSPS) is 24.2. The average molecular weight is 142 g/mol. The van der Waals surface area contributed by atoms with Gasteiger partial charge in [-0.25, -0.2) is 4.99 Å². The molecular formula is C7H14N2O. The number of nitrogens with zero attached hydrogens (tertiary/aromatic N) is 1. The molecule has 1 atom stereocenters. The number of nitrogens with one attached hydrogen (secondary N) is 1. The molecule has 0 aromatic carbocycles. The molecule has 0 aromatic heterocycles. The first-order valence-electron chi connectivity index (χ1n) is 3.79. The molecule has 1 aliphatic rings. The van der Waals surface area contributed by atoms with E-state index in [1.807, 2.05) is 6.92 Å². The van der Waals surface area contributed by atoms with Gasteiger partial charge in [0, 0.05) is 6.42 Å². The highest BCUT2D eigenvalue weighted by molar-refractivity contribution is 5.77. The van der Waals surface area contributed by atoms with Crippen LogP contribution < -0.4 is 5.32 Å². The summed E-state index contributed by atoms with van der Waals surface area (Å²) in [5.74, 6) is 0.881. The van der Waals surface area contributed by atoms with Crippen LogP contribution in [0, 0.1) is 0 Å². The van der Waals surface area contributed by atoms with E-state index in [0.29, 0.717) is 6.61 Å². The first kappa shape index (κ1) is 7.54. The number of hydrogen-bond donors (Lipinski definition) is 1. The zero-order valence-electron chi connectivity index (χ0n) is 6.55. The highest BCUT2D eigenvalue weighted by atomic mass is 16.5. The molecule has 0 radical (unpaired) electrons. The van der Waals surface area contributed by atoms with Crippen LogP contribution in [0.2, 0.25) is 0 Å². The predicted octanol–water partition coefficient (Wildman–Crippen LogP) is 0.761. The third kappa shape index (κ3) is 1.70. The summed E-state index contributed by atoms with van der Waals surface area (Å²) in [6, 6.07) is 0. The molecule has 0 fully saturated rings. The summed E-state index contributed by atoms with van der Waals surface area (Å²) in [6.07, 6.45) is 1.11. The van der Waals surface area contributed by atoms with Gasteiger partial charge >= 0.3 is 0 Å².